The van der Waals surface area contributed by atoms with Crippen LogP contribution in [0.15, 0.2) is 12.1 Å². The Labute approximate surface area is 116 Å². The van der Waals surface area contributed by atoms with Crippen LogP contribution >= 0.6 is 11.6 Å². The van der Waals surface area contributed by atoms with Crippen LogP contribution in [-0.4, -0.2) is 43.3 Å². The Morgan fingerprint density at radius 1 is 1.47 bits per heavy atom. The molecule has 19 heavy (non-hydrogen) atoms. The van der Waals surface area contributed by atoms with Gasteiger partial charge in [-0.3, -0.25) is 4.79 Å². The predicted molar refractivity (Wildman–Crippen MR) is 70.9 cm³/mol. The fourth-order valence-corrected chi connectivity index (χ4v) is 2.66. The highest BCUT2D eigenvalue weighted by molar-refractivity contribution is 6.32. The zero-order valence-corrected chi connectivity index (χ0v) is 11.4. The molecular formula is C13H15ClN2O3. The first kappa shape index (κ1) is 12.6. The molecule has 0 aromatic heterocycles. The number of carbonyl (C=O) groups is 1. The van der Waals surface area contributed by atoms with E-state index in [-0.39, 0.29) is 12.7 Å². The number of nitrogens with zero attached hydrogens (tertiary/aromatic N) is 1. The van der Waals surface area contributed by atoms with Crippen molar-refractivity contribution in [2.24, 2.45) is 0 Å². The molecule has 1 aromatic carbocycles. The largest absolute Gasteiger partial charge is 0.454 e. The highest BCUT2D eigenvalue weighted by atomic mass is 35.5. The Morgan fingerprint density at radius 2 is 2.32 bits per heavy atom. The summed E-state index contributed by atoms with van der Waals surface area (Å²) in [6.45, 7) is 4.43. The molecule has 0 aliphatic carbocycles. The minimum absolute atomic E-state index is 0.0199. The smallest absolute Gasteiger partial charge is 0.254 e. The van der Waals surface area contributed by atoms with Crippen LogP contribution in [-0.2, 0) is 0 Å². The minimum atomic E-state index is -0.0199. The van der Waals surface area contributed by atoms with Crippen molar-refractivity contribution in [1.82, 2.24) is 10.2 Å². The predicted octanol–water partition coefficient (Wildman–Crippen LogP) is 1.50. The van der Waals surface area contributed by atoms with Crippen LogP contribution in [0.2, 0.25) is 5.02 Å². The Bertz CT molecular complexity index is 521. The van der Waals surface area contributed by atoms with Crippen LogP contribution in [0.4, 0.5) is 0 Å². The van der Waals surface area contributed by atoms with Gasteiger partial charge in [0.1, 0.15) is 0 Å². The first-order valence-electron chi connectivity index (χ1n) is 6.27. The number of nitrogens with one attached hydrogen (secondary N) is 1. The molecule has 2 heterocycles. The van der Waals surface area contributed by atoms with Gasteiger partial charge in [0.25, 0.3) is 5.91 Å². The van der Waals surface area contributed by atoms with E-state index < -0.39 is 0 Å². The third-order valence-electron chi connectivity index (χ3n) is 3.33. The number of hydrogen-bond donors (Lipinski definition) is 1. The van der Waals surface area contributed by atoms with Crippen LogP contribution in [0.1, 0.15) is 17.3 Å². The van der Waals surface area contributed by atoms with Crippen LogP contribution < -0.4 is 14.8 Å². The number of halogens is 1. The topological polar surface area (TPSA) is 50.8 Å². The average molecular weight is 283 g/mol. The second-order valence-electron chi connectivity index (χ2n) is 4.80. The zero-order valence-electron chi connectivity index (χ0n) is 10.6. The number of hydrogen-bond acceptors (Lipinski definition) is 4. The average Bonchev–Trinajstić information content (AvgIpc) is 2.86. The molecule has 1 unspecified atom stereocenters. The summed E-state index contributed by atoms with van der Waals surface area (Å²) in [5.74, 6) is 1.04. The molecule has 5 nitrogen and oxygen atoms in total. The monoisotopic (exact) mass is 282 g/mol. The molecule has 0 saturated carbocycles. The fourth-order valence-electron chi connectivity index (χ4n) is 2.39. The van der Waals surface area contributed by atoms with Gasteiger partial charge in [0, 0.05) is 31.2 Å². The maximum atomic E-state index is 12.4. The molecule has 0 radical (unpaired) electrons. The summed E-state index contributed by atoms with van der Waals surface area (Å²) in [6.07, 6.45) is 0. The Kier molecular flexibility index (Phi) is 3.24. The first-order chi connectivity index (χ1) is 9.15. The highest BCUT2D eigenvalue weighted by Gasteiger charge is 2.25. The van der Waals surface area contributed by atoms with Crippen molar-refractivity contribution in [3.63, 3.8) is 0 Å². The maximum absolute atomic E-state index is 12.4. The van der Waals surface area contributed by atoms with Gasteiger partial charge in [-0.15, -0.1) is 0 Å². The summed E-state index contributed by atoms with van der Waals surface area (Å²) in [5.41, 5.74) is 0.545. The number of benzene rings is 1. The van der Waals surface area contributed by atoms with Crippen molar-refractivity contribution >= 4 is 17.5 Å². The lowest BCUT2D eigenvalue weighted by Crippen LogP contribution is -2.51. The van der Waals surface area contributed by atoms with E-state index in [0.717, 1.165) is 6.54 Å². The summed E-state index contributed by atoms with van der Waals surface area (Å²) in [5, 5.41) is 3.72. The lowest BCUT2D eigenvalue weighted by atomic mass is 10.1. The number of piperazine rings is 1. The highest BCUT2D eigenvalue weighted by Crippen LogP contribution is 2.40. The van der Waals surface area contributed by atoms with Crippen molar-refractivity contribution in [3.05, 3.63) is 22.7 Å². The first-order valence-corrected chi connectivity index (χ1v) is 6.65. The van der Waals surface area contributed by atoms with Crippen molar-refractivity contribution in [1.29, 1.82) is 0 Å². The molecule has 1 N–H and O–H groups in total. The SMILES string of the molecule is CC1CN(C(=O)c2cc(Cl)c3c(c2)OCO3)CCN1. The van der Waals surface area contributed by atoms with Crippen LogP contribution in [0.5, 0.6) is 11.5 Å². The Balaban J connectivity index is 1.86. The van der Waals surface area contributed by atoms with Gasteiger partial charge in [-0.1, -0.05) is 11.6 Å². The number of amides is 1. The van der Waals surface area contributed by atoms with Crippen LogP contribution in [0.25, 0.3) is 0 Å². The molecular weight excluding hydrogens is 268 g/mol. The number of fused-ring (bicyclic) bond motifs is 1. The Morgan fingerprint density at radius 3 is 3.11 bits per heavy atom. The molecule has 1 amide bonds. The van der Waals surface area contributed by atoms with E-state index in [4.69, 9.17) is 21.1 Å². The van der Waals surface area contributed by atoms with E-state index in [2.05, 4.69) is 12.2 Å². The van der Waals surface area contributed by atoms with E-state index in [9.17, 15) is 4.79 Å². The molecule has 2 aliphatic rings. The number of ether oxygens (including phenoxy) is 2. The van der Waals surface area contributed by atoms with Crippen LogP contribution in [0.3, 0.4) is 0 Å². The minimum Gasteiger partial charge on any atom is -0.454 e. The summed E-state index contributed by atoms with van der Waals surface area (Å²) in [6, 6.07) is 3.65. The van der Waals surface area contributed by atoms with Gasteiger partial charge in [-0.2, -0.15) is 0 Å². The van der Waals surface area contributed by atoms with E-state index in [1.54, 1.807) is 12.1 Å². The lowest BCUT2D eigenvalue weighted by molar-refractivity contribution is 0.0708. The molecule has 0 bridgehead atoms. The van der Waals surface area contributed by atoms with Crippen molar-refractivity contribution < 1.29 is 14.3 Å². The summed E-state index contributed by atoms with van der Waals surface area (Å²) >= 11 is 6.10. The molecule has 1 saturated heterocycles. The van der Waals surface area contributed by atoms with E-state index in [1.165, 1.54) is 0 Å². The third kappa shape index (κ3) is 2.35. The molecule has 102 valence electrons. The zero-order chi connectivity index (χ0) is 13.4. The van der Waals surface area contributed by atoms with Gasteiger partial charge < -0.3 is 19.7 Å². The van der Waals surface area contributed by atoms with E-state index in [1.807, 2.05) is 4.90 Å². The maximum Gasteiger partial charge on any atom is 0.254 e. The number of rotatable bonds is 1. The van der Waals surface area contributed by atoms with Crippen molar-refractivity contribution in [2.45, 2.75) is 13.0 Å². The van der Waals surface area contributed by atoms with Gasteiger partial charge in [0.05, 0.1) is 5.02 Å². The van der Waals surface area contributed by atoms with Crippen LogP contribution in [0, 0.1) is 0 Å². The van der Waals surface area contributed by atoms with Gasteiger partial charge in [0.15, 0.2) is 11.5 Å². The molecule has 0 spiro atoms. The van der Waals surface area contributed by atoms with Gasteiger partial charge in [-0.25, -0.2) is 0 Å². The van der Waals surface area contributed by atoms with E-state index >= 15 is 0 Å². The molecule has 3 rings (SSSR count). The second kappa shape index (κ2) is 4.90. The molecule has 6 heteroatoms. The van der Waals surface area contributed by atoms with Gasteiger partial charge in [0.2, 0.25) is 6.79 Å². The summed E-state index contributed by atoms with van der Waals surface area (Å²) < 4.78 is 10.5. The molecule has 2 aliphatic heterocycles. The van der Waals surface area contributed by atoms with Crippen molar-refractivity contribution in [3.8, 4) is 11.5 Å². The molecule has 1 atom stereocenters. The fraction of sp³-hybridized carbons (Fsp3) is 0.462. The summed E-state index contributed by atoms with van der Waals surface area (Å²) in [7, 11) is 0. The van der Waals surface area contributed by atoms with Gasteiger partial charge >= 0.3 is 0 Å². The van der Waals surface area contributed by atoms with Crippen molar-refractivity contribution in [2.75, 3.05) is 26.4 Å². The third-order valence-corrected chi connectivity index (χ3v) is 3.61. The standard InChI is InChI=1S/C13H15ClN2O3/c1-8-6-16(3-2-15-8)13(17)9-4-10(14)12-11(5-9)18-7-19-12/h4-5,8,15H,2-3,6-7H2,1H3. The lowest BCUT2D eigenvalue weighted by Gasteiger charge is -2.32. The summed E-state index contributed by atoms with van der Waals surface area (Å²) in [4.78, 5) is 14.3. The molecule has 1 fully saturated rings. The quantitative estimate of drug-likeness (QED) is 0.848. The number of carbonyl (C=O) groups excluding carboxylic acids is 1. The second-order valence-corrected chi connectivity index (χ2v) is 5.21. The van der Waals surface area contributed by atoms with Gasteiger partial charge in [-0.05, 0) is 19.1 Å². The van der Waals surface area contributed by atoms with E-state index in [0.29, 0.717) is 41.2 Å². The molecule has 1 aromatic rings. The normalized spacial score (nSPS) is 21.6. The Hall–Kier alpha value is -1.46.